The van der Waals surface area contributed by atoms with Gasteiger partial charge >= 0.3 is 6.18 Å². The summed E-state index contributed by atoms with van der Waals surface area (Å²) in [5, 5.41) is 14.0. The van der Waals surface area contributed by atoms with Gasteiger partial charge in [0.15, 0.2) is 0 Å². The summed E-state index contributed by atoms with van der Waals surface area (Å²) in [7, 11) is 0. The Morgan fingerprint density at radius 1 is 1.04 bits per heavy atom. The number of benzene rings is 2. The standard InChI is InChI=1S/C19H17F3N4O2/c1-13(25-28-11-14-2-6-16(7-3-14)19(20,21)22)15-4-8-18(9-5-15)27-12-17-10-23-26-24-17/h2-10H,11-12H2,1H3,(H,23,24,26)/b25-13+. The maximum atomic E-state index is 12.5. The predicted molar refractivity (Wildman–Crippen MR) is 95.6 cm³/mol. The van der Waals surface area contributed by atoms with Crippen molar-refractivity contribution in [2.45, 2.75) is 26.3 Å². The van der Waals surface area contributed by atoms with E-state index in [4.69, 9.17) is 9.57 Å². The molecule has 0 amide bonds. The van der Waals surface area contributed by atoms with E-state index < -0.39 is 11.7 Å². The largest absolute Gasteiger partial charge is 0.487 e. The molecule has 28 heavy (non-hydrogen) atoms. The highest BCUT2D eigenvalue weighted by atomic mass is 19.4. The van der Waals surface area contributed by atoms with Crippen molar-refractivity contribution in [1.82, 2.24) is 15.4 Å². The molecule has 0 saturated heterocycles. The normalized spacial score (nSPS) is 12.1. The molecule has 0 saturated carbocycles. The average molecular weight is 390 g/mol. The van der Waals surface area contributed by atoms with E-state index in [2.05, 4.69) is 20.6 Å². The first-order valence-electron chi connectivity index (χ1n) is 8.32. The molecule has 1 heterocycles. The van der Waals surface area contributed by atoms with Crippen LogP contribution in [0.15, 0.2) is 59.9 Å². The molecular formula is C19H17F3N4O2. The van der Waals surface area contributed by atoms with Crippen LogP contribution in [-0.2, 0) is 24.2 Å². The molecule has 9 heteroatoms. The van der Waals surface area contributed by atoms with Crippen LogP contribution in [0.2, 0.25) is 0 Å². The van der Waals surface area contributed by atoms with Crippen molar-refractivity contribution < 1.29 is 22.7 Å². The lowest BCUT2D eigenvalue weighted by Crippen LogP contribution is -2.04. The molecule has 0 spiro atoms. The summed E-state index contributed by atoms with van der Waals surface area (Å²) in [6, 6.07) is 12.1. The van der Waals surface area contributed by atoms with Gasteiger partial charge in [0.1, 0.15) is 19.0 Å². The van der Waals surface area contributed by atoms with Gasteiger partial charge in [-0.3, -0.25) is 5.10 Å². The molecule has 0 radical (unpaired) electrons. The molecule has 3 rings (SSSR count). The summed E-state index contributed by atoms with van der Waals surface area (Å²) in [5.74, 6) is 0.678. The third kappa shape index (κ3) is 5.32. The second-order valence-electron chi connectivity index (χ2n) is 5.94. The third-order valence-corrected chi connectivity index (χ3v) is 3.85. The lowest BCUT2D eigenvalue weighted by atomic mass is 10.1. The number of aromatic amines is 1. The number of alkyl halides is 3. The van der Waals surface area contributed by atoms with Gasteiger partial charge in [0.05, 0.1) is 23.2 Å². The zero-order valence-corrected chi connectivity index (χ0v) is 14.9. The Labute approximate surface area is 159 Å². The predicted octanol–water partition coefficient (Wildman–Crippen LogP) is 4.34. The first-order valence-corrected chi connectivity index (χ1v) is 8.32. The van der Waals surface area contributed by atoms with Gasteiger partial charge in [0.2, 0.25) is 0 Å². The van der Waals surface area contributed by atoms with Crippen LogP contribution >= 0.6 is 0 Å². The molecule has 1 N–H and O–H groups in total. The van der Waals surface area contributed by atoms with E-state index >= 15 is 0 Å². The number of hydrogen-bond donors (Lipinski definition) is 1. The van der Waals surface area contributed by atoms with Crippen LogP contribution in [0.4, 0.5) is 13.2 Å². The number of H-pyrrole nitrogens is 1. The number of halogens is 3. The molecule has 0 aliphatic heterocycles. The molecule has 0 atom stereocenters. The fourth-order valence-corrected chi connectivity index (χ4v) is 2.29. The van der Waals surface area contributed by atoms with Crippen molar-refractivity contribution in [3.63, 3.8) is 0 Å². The summed E-state index contributed by atoms with van der Waals surface area (Å²) in [5.41, 5.74) is 2.14. The Morgan fingerprint density at radius 3 is 2.36 bits per heavy atom. The molecule has 0 aliphatic rings. The fraction of sp³-hybridized carbons (Fsp3) is 0.211. The minimum absolute atomic E-state index is 0.0783. The van der Waals surface area contributed by atoms with E-state index in [1.165, 1.54) is 12.1 Å². The van der Waals surface area contributed by atoms with Gasteiger partial charge in [-0.2, -0.15) is 13.2 Å². The van der Waals surface area contributed by atoms with E-state index in [1.54, 1.807) is 25.3 Å². The van der Waals surface area contributed by atoms with E-state index in [1.807, 2.05) is 12.1 Å². The Bertz CT molecular complexity index is 906. The fourth-order valence-electron chi connectivity index (χ4n) is 2.29. The van der Waals surface area contributed by atoms with Gasteiger partial charge in [0, 0.05) is 0 Å². The van der Waals surface area contributed by atoms with Crippen LogP contribution in [0.1, 0.15) is 29.3 Å². The molecule has 0 fully saturated rings. The molecule has 6 nitrogen and oxygen atoms in total. The van der Waals surface area contributed by atoms with Crippen molar-refractivity contribution in [2.24, 2.45) is 5.16 Å². The molecule has 0 bridgehead atoms. The smallest absolute Gasteiger partial charge is 0.416 e. The van der Waals surface area contributed by atoms with Gasteiger partial charge in [-0.1, -0.05) is 22.5 Å². The first kappa shape index (κ1) is 19.4. The SMILES string of the molecule is C/C(=N\OCc1ccc(C(F)(F)F)cc1)c1ccc(OCc2cnn[nH]2)cc1. The number of rotatable bonds is 7. The average Bonchev–Trinajstić information content (AvgIpc) is 3.20. The van der Waals surface area contributed by atoms with E-state index in [9.17, 15) is 13.2 Å². The molecule has 0 aliphatic carbocycles. The van der Waals surface area contributed by atoms with Crippen molar-refractivity contribution in [1.29, 1.82) is 0 Å². The molecule has 2 aromatic carbocycles. The number of ether oxygens (including phenoxy) is 1. The van der Waals surface area contributed by atoms with Gasteiger partial charge in [-0.25, -0.2) is 0 Å². The Hall–Kier alpha value is -3.36. The van der Waals surface area contributed by atoms with Crippen LogP contribution in [0.5, 0.6) is 5.75 Å². The zero-order valence-electron chi connectivity index (χ0n) is 14.9. The number of nitrogens with zero attached hydrogens (tertiary/aromatic N) is 3. The molecule has 0 unspecified atom stereocenters. The summed E-state index contributed by atoms with van der Waals surface area (Å²) in [6.45, 7) is 2.18. The van der Waals surface area contributed by atoms with E-state index in [0.717, 1.165) is 23.4 Å². The summed E-state index contributed by atoms with van der Waals surface area (Å²) >= 11 is 0. The summed E-state index contributed by atoms with van der Waals surface area (Å²) in [4.78, 5) is 5.25. The number of hydrogen-bond acceptors (Lipinski definition) is 5. The first-order chi connectivity index (χ1) is 13.4. The maximum Gasteiger partial charge on any atom is 0.416 e. The highest BCUT2D eigenvalue weighted by Gasteiger charge is 2.29. The second-order valence-corrected chi connectivity index (χ2v) is 5.94. The summed E-state index contributed by atoms with van der Waals surface area (Å²) < 4.78 is 43.2. The number of oxime groups is 1. The molecule has 1 aromatic heterocycles. The van der Waals surface area contributed by atoms with Crippen molar-refractivity contribution in [3.05, 3.63) is 77.1 Å². The van der Waals surface area contributed by atoms with Crippen LogP contribution < -0.4 is 4.74 Å². The lowest BCUT2D eigenvalue weighted by Gasteiger charge is -2.08. The maximum absolute atomic E-state index is 12.5. The molecule has 146 valence electrons. The Kier molecular flexibility index (Phi) is 5.93. The minimum atomic E-state index is -4.35. The van der Waals surface area contributed by atoms with Crippen molar-refractivity contribution >= 4 is 5.71 Å². The van der Waals surface area contributed by atoms with Gasteiger partial charge in [-0.05, 0) is 54.4 Å². The van der Waals surface area contributed by atoms with Gasteiger partial charge < -0.3 is 9.57 Å². The van der Waals surface area contributed by atoms with E-state index in [-0.39, 0.29) is 6.61 Å². The Balaban J connectivity index is 1.51. The van der Waals surface area contributed by atoms with Crippen LogP contribution in [0, 0.1) is 0 Å². The van der Waals surface area contributed by atoms with Crippen molar-refractivity contribution in [2.75, 3.05) is 0 Å². The number of nitrogens with one attached hydrogen (secondary N) is 1. The van der Waals surface area contributed by atoms with Crippen LogP contribution in [-0.4, -0.2) is 21.1 Å². The van der Waals surface area contributed by atoms with Crippen molar-refractivity contribution in [3.8, 4) is 5.75 Å². The summed E-state index contributed by atoms with van der Waals surface area (Å²) in [6.07, 6.45) is -2.77. The topological polar surface area (TPSA) is 72.4 Å². The van der Waals surface area contributed by atoms with Crippen LogP contribution in [0.25, 0.3) is 0 Å². The third-order valence-electron chi connectivity index (χ3n) is 3.85. The quantitative estimate of drug-likeness (QED) is 0.481. The minimum Gasteiger partial charge on any atom is -0.487 e. The van der Waals surface area contributed by atoms with Crippen LogP contribution in [0.3, 0.4) is 0 Å². The highest BCUT2D eigenvalue weighted by molar-refractivity contribution is 5.98. The molecule has 3 aromatic rings. The molecular weight excluding hydrogens is 373 g/mol. The Morgan fingerprint density at radius 2 is 1.75 bits per heavy atom. The van der Waals surface area contributed by atoms with Gasteiger partial charge in [0.25, 0.3) is 0 Å². The highest BCUT2D eigenvalue weighted by Crippen LogP contribution is 2.29. The second kappa shape index (κ2) is 8.55. The number of aromatic nitrogens is 3. The van der Waals surface area contributed by atoms with E-state index in [0.29, 0.717) is 23.6 Å². The zero-order chi connectivity index (χ0) is 20.0. The lowest BCUT2D eigenvalue weighted by molar-refractivity contribution is -0.137. The van der Waals surface area contributed by atoms with Gasteiger partial charge in [-0.15, -0.1) is 5.10 Å². The monoisotopic (exact) mass is 390 g/mol.